The number of hydrogen-bond donors (Lipinski definition) is 3. The zero-order chi connectivity index (χ0) is 26.4. The van der Waals surface area contributed by atoms with Crippen LogP contribution in [0.3, 0.4) is 0 Å². The van der Waals surface area contributed by atoms with Crippen molar-refractivity contribution in [3.8, 4) is 39.8 Å². The molecule has 0 bridgehead atoms. The van der Waals surface area contributed by atoms with Crippen LogP contribution in [0.5, 0.6) is 5.75 Å². The predicted octanol–water partition coefficient (Wildman–Crippen LogP) is 5.67. The molecule has 9 heteroatoms. The van der Waals surface area contributed by atoms with Crippen molar-refractivity contribution >= 4 is 16.9 Å². The van der Waals surface area contributed by atoms with E-state index in [-0.39, 0.29) is 11.5 Å². The summed E-state index contributed by atoms with van der Waals surface area (Å²) in [6, 6.07) is 21.4. The number of furan rings is 1. The maximum Gasteiger partial charge on any atom is 0.371 e. The number of carboxylic acids is 1. The average Bonchev–Trinajstić information content (AvgIpc) is 3.65. The zero-order valence-corrected chi connectivity index (χ0v) is 20.1. The van der Waals surface area contributed by atoms with Gasteiger partial charge in [-0.15, -0.1) is 0 Å². The molecule has 6 aromatic rings. The molecule has 0 atom stereocenters. The van der Waals surface area contributed by atoms with Crippen molar-refractivity contribution in [2.45, 2.75) is 13.5 Å². The number of imidazole rings is 1. The zero-order valence-electron chi connectivity index (χ0n) is 20.1. The monoisotopic (exact) mass is 507 g/mol. The minimum Gasteiger partial charge on any atom is -0.501 e. The molecule has 4 aromatic heterocycles. The van der Waals surface area contributed by atoms with Crippen molar-refractivity contribution in [3.05, 3.63) is 106 Å². The number of H-pyrrole nitrogens is 1. The quantitative estimate of drug-likeness (QED) is 0.264. The van der Waals surface area contributed by atoms with E-state index in [2.05, 4.69) is 4.98 Å². The molecule has 0 fully saturated rings. The van der Waals surface area contributed by atoms with Crippen LogP contribution in [0.25, 0.3) is 45.0 Å². The number of nitrogens with zero attached hydrogens (tertiary/aromatic N) is 2. The highest BCUT2D eigenvalue weighted by Crippen LogP contribution is 2.38. The summed E-state index contributed by atoms with van der Waals surface area (Å²) in [4.78, 5) is 31.8. The standard InChI is InChI=1S/C29H21N3O6/c1-16-13-22(33)26(34)27(37-16)25-24(17-7-3-2-4-8-17)30-28(31-25)20-15-32(21-10-6-5-9-19(20)21)14-18-11-12-23(38-18)29(35)36/h2-13,15,34H,14H2,1H3,(H,30,31)(H,35,36). The number of rotatable bonds is 6. The second kappa shape index (κ2) is 8.97. The second-order valence-corrected chi connectivity index (χ2v) is 8.83. The number of aromatic hydroxyl groups is 1. The third-order valence-electron chi connectivity index (χ3n) is 6.27. The average molecular weight is 508 g/mol. The van der Waals surface area contributed by atoms with Crippen LogP contribution < -0.4 is 5.43 Å². The van der Waals surface area contributed by atoms with Crippen LogP contribution in [-0.4, -0.2) is 30.7 Å². The summed E-state index contributed by atoms with van der Waals surface area (Å²) in [5.41, 5.74) is 2.77. The van der Waals surface area contributed by atoms with Gasteiger partial charge in [0.05, 0.1) is 6.54 Å². The van der Waals surface area contributed by atoms with Gasteiger partial charge < -0.3 is 28.6 Å². The molecular weight excluding hydrogens is 486 g/mol. The van der Waals surface area contributed by atoms with Gasteiger partial charge in [-0.1, -0.05) is 48.5 Å². The Morgan fingerprint density at radius 2 is 1.79 bits per heavy atom. The van der Waals surface area contributed by atoms with Gasteiger partial charge in [-0.2, -0.15) is 0 Å². The Bertz CT molecular complexity index is 1870. The van der Waals surface area contributed by atoms with Crippen LogP contribution in [0.1, 0.15) is 22.1 Å². The van der Waals surface area contributed by atoms with Crippen LogP contribution in [0.15, 0.2) is 92.6 Å². The number of para-hydroxylation sites is 1. The molecule has 0 aliphatic rings. The van der Waals surface area contributed by atoms with E-state index in [1.165, 1.54) is 12.1 Å². The van der Waals surface area contributed by atoms with Crippen LogP contribution in [0, 0.1) is 6.92 Å². The van der Waals surface area contributed by atoms with E-state index in [1.54, 1.807) is 13.0 Å². The Morgan fingerprint density at radius 1 is 1.03 bits per heavy atom. The Morgan fingerprint density at radius 3 is 2.55 bits per heavy atom. The van der Waals surface area contributed by atoms with Gasteiger partial charge in [-0.05, 0) is 25.1 Å². The van der Waals surface area contributed by atoms with E-state index in [0.29, 0.717) is 35.3 Å². The molecule has 0 amide bonds. The Kier molecular flexibility index (Phi) is 5.45. The van der Waals surface area contributed by atoms with Crippen LogP contribution in [0.2, 0.25) is 0 Å². The predicted molar refractivity (Wildman–Crippen MR) is 140 cm³/mol. The fourth-order valence-electron chi connectivity index (χ4n) is 4.56. The smallest absolute Gasteiger partial charge is 0.371 e. The normalized spacial score (nSPS) is 11.3. The van der Waals surface area contributed by atoms with Crippen LogP contribution in [0.4, 0.5) is 0 Å². The van der Waals surface area contributed by atoms with E-state index in [9.17, 15) is 19.8 Å². The van der Waals surface area contributed by atoms with Crippen LogP contribution in [-0.2, 0) is 6.54 Å². The minimum absolute atomic E-state index is 0.00752. The molecule has 0 saturated carbocycles. The number of nitrogens with one attached hydrogen (secondary N) is 1. The maximum absolute atomic E-state index is 12.4. The van der Waals surface area contributed by atoms with Gasteiger partial charge in [-0.3, -0.25) is 4.79 Å². The number of fused-ring (bicyclic) bond motifs is 1. The SMILES string of the molecule is Cc1cc(=O)c(O)c(-c2[nH]c(-c3cn(Cc4ccc(C(=O)O)o4)c4ccccc34)nc2-c2ccccc2)o1. The molecule has 3 N–H and O–H groups in total. The van der Waals surface area contributed by atoms with E-state index in [0.717, 1.165) is 22.0 Å². The van der Waals surface area contributed by atoms with Gasteiger partial charge in [0, 0.05) is 34.3 Å². The number of carboxylic acid groups (broad SMARTS) is 1. The number of benzene rings is 2. The second-order valence-electron chi connectivity index (χ2n) is 8.83. The summed E-state index contributed by atoms with van der Waals surface area (Å²) in [5.74, 6) is -0.398. The number of hydrogen-bond acceptors (Lipinski definition) is 6. The number of aryl methyl sites for hydroxylation is 1. The minimum atomic E-state index is -1.13. The number of aromatic amines is 1. The first-order valence-electron chi connectivity index (χ1n) is 11.8. The highest BCUT2D eigenvalue weighted by atomic mass is 16.4. The molecule has 0 aliphatic carbocycles. The van der Waals surface area contributed by atoms with Gasteiger partial charge in [0.2, 0.25) is 16.9 Å². The van der Waals surface area contributed by atoms with Crippen molar-refractivity contribution in [1.29, 1.82) is 0 Å². The maximum atomic E-state index is 12.4. The van der Waals surface area contributed by atoms with E-state index in [1.807, 2.05) is 65.4 Å². The van der Waals surface area contributed by atoms with E-state index in [4.69, 9.17) is 13.8 Å². The van der Waals surface area contributed by atoms with Gasteiger partial charge in [0.1, 0.15) is 28.7 Å². The van der Waals surface area contributed by atoms with Crippen molar-refractivity contribution in [1.82, 2.24) is 14.5 Å². The van der Waals surface area contributed by atoms with Crippen molar-refractivity contribution < 1.29 is 23.8 Å². The summed E-state index contributed by atoms with van der Waals surface area (Å²) in [5, 5.41) is 20.7. The fraction of sp³-hybridized carbons (Fsp3) is 0.0690. The fourth-order valence-corrected chi connectivity index (χ4v) is 4.56. The molecule has 6 rings (SSSR count). The molecule has 0 aliphatic heterocycles. The molecule has 0 spiro atoms. The largest absolute Gasteiger partial charge is 0.501 e. The lowest BCUT2D eigenvalue weighted by Gasteiger charge is -2.05. The molecular formula is C29H21N3O6. The third-order valence-corrected chi connectivity index (χ3v) is 6.27. The lowest BCUT2D eigenvalue weighted by atomic mass is 10.1. The highest BCUT2D eigenvalue weighted by molar-refractivity contribution is 5.96. The molecule has 9 nitrogen and oxygen atoms in total. The Labute approximate surface area is 215 Å². The molecule has 38 heavy (non-hydrogen) atoms. The molecule has 0 saturated heterocycles. The summed E-state index contributed by atoms with van der Waals surface area (Å²) >= 11 is 0. The van der Waals surface area contributed by atoms with Crippen LogP contribution >= 0.6 is 0 Å². The van der Waals surface area contributed by atoms with Gasteiger partial charge >= 0.3 is 5.97 Å². The van der Waals surface area contributed by atoms with Crippen molar-refractivity contribution in [2.24, 2.45) is 0 Å². The lowest BCUT2D eigenvalue weighted by Crippen LogP contribution is -2.01. The van der Waals surface area contributed by atoms with Crippen molar-refractivity contribution in [3.63, 3.8) is 0 Å². The number of aromatic nitrogens is 3. The molecule has 0 radical (unpaired) electrons. The summed E-state index contributed by atoms with van der Waals surface area (Å²) in [6.07, 6.45) is 1.90. The van der Waals surface area contributed by atoms with E-state index < -0.39 is 17.1 Å². The highest BCUT2D eigenvalue weighted by Gasteiger charge is 2.23. The van der Waals surface area contributed by atoms with Gasteiger partial charge in [0.15, 0.2) is 5.76 Å². The third kappa shape index (κ3) is 3.96. The van der Waals surface area contributed by atoms with Gasteiger partial charge in [0.25, 0.3) is 0 Å². The first-order chi connectivity index (χ1) is 18.4. The van der Waals surface area contributed by atoms with E-state index >= 15 is 0 Å². The van der Waals surface area contributed by atoms with Crippen molar-refractivity contribution in [2.75, 3.05) is 0 Å². The van der Waals surface area contributed by atoms with Gasteiger partial charge in [-0.25, -0.2) is 9.78 Å². The Balaban J connectivity index is 1.53. The topological polar surface area (TPSA) is 134 Å². The number of aromatic carboxylic acids is 1. The molecule has 4 heterocycles. The summed E-state index contributed by atoms with van der Waals surface area (Å²) in [6.45, 7) is 1.95. The number of carbonyl (C=O) groups is 1. The summed E-state index contributed by atoms with van der Waals surface area (Å²) < 4.78 is 13.2. The summed E-state index contributed by atoms with van der Waals surface area (Å²) in [7, 11) is 0. The molecule has 0 unspecified atom stereocenters. The lowest BCUT2D eigenvalue weighted by molar-refractivity contribution is 0.0660. The molecule has 2 aromatic carbocycles. The first-order valence-corrected chi connectivity index (χ1v) is 11.8. The molecule has 188 valence electrons. The Hall–Kier alpha value is -5.31. The first kappa shape index (κ1) is 23.1.